The molecule has 0 saturated heterocycles. The highest BCUT2D eigenvalue weighted by Gasteiger charge is 2.31. The van der Waals surface area contributed by atoms with Crippen molar-refractivity contribution in [2.24, 2.45) is 5.73 Å². The molecule has 106 valence electrons. The molecule has 2 nitrogen and oxygen atoms in total. The first kappa shape index (κ1) is 16.0. The van der Waals surface area contributed by atoms with Crippen molar-refractivity contribution >= 4 is 11.3 Å². The molecular weight excluding hydrogens is 273 g/mol. The summed E-state index contributed by atoms with van der Waals surface area (Å²) < 4.78 is 37.4. The summed E-state index contributed by atoms with van der Waals surface area (Å²) in [7, 11) is 0. The second-order valence-corrected chi connectivity index (χ2v) is 5.55. The lowest BCUT2D eigenvalue weighted by molar-refractivity contribution is -0.150. The number of alkyl halides is 3. The Morgan fingerprint density at radius 1 is 1.37 bits per heavy atom. The van der Waals surface area contributed by atoms with Crippen LogP contribution in [0.2, 0.25) is 0 Å². The molecule has 0 bridgehead atoms. The third kappa shape index (κ3) is 6.10. The molecule has 1 rings (SSSR count). The van der Waals surface area contributed by atoms with Gasteiger partial charge < -0.3 is 5.73 Å². The fourth-order valence-corrected chi connectivity index (χ4v) is 2.43. The van der Waals surface area contributed by atoms with E-state index in [2.05, 4.69) is 11.8 Å². The molecule has 6 heteroatoms. The summed E-state index contributed by atoms with van der Waals surface area (Å²) in [6, 6.07) is 3.47. The molecule has 1 heterocycles. The van der Waals surface area contributed by atoms with Gasteiger partial charge in [-0.2, -0.15) is 13.2 Å². The smallest absolute Gasteiger partial charge is 0.320 e. The molecule has 1 aromatic heterocycles. The average Bonchev–Trinajstić information content (AvgIpc) is 2.71. The van der Waals surface area contributed by atoms with Crippen LogP contribution in [-0.4, -0.2) is 30.2 Å². The number of nitrogens with two attached hydrogens (primary N) is 1. The molecule has 1 aromatic rings. The Labute approximate surface area is 115 Å². The van der Waals surface area contributed by atoms with Gasteiger partial charge >= 0.3 is 6.18 Å². The van der Waals surface area contributed by atoms with E-state index in [4.69, 9.17) is 5.73 Å². The van der Waals surface area contributed by atoms with E-state index in [9.17, 15) is 13.2 Å². The van der Waals surface area contributed by atoms with Gasteiger partial charge in [0.15, 0.2) is 0 Å². The Kier molecular flexibility index (Phi) is 5.85. The first-order chi connectivity index (χ1) is 8.81. The van der Waals surface area contributed by atoms with Gasteiger partial charge in [0.25, 0.3) is 0 Å². The van der Waals surface area contributed by atoms with E-state index in [0.29, 0.717) is 0 Å². The zero-order valence-corrected chi connectivity index (χ0v) is 11.7. The van der Waals surface area contributed by atoms with Gasteiger partial charge in [-0.25, -0.2) is 0 Å². The van der Waals surface area contributed by atoms with Gasteiger partial charge in [-0.05, 0) is 26.0 Å². The number of halogens is 3. The second-order valence-electron chi connectivity index (χ2n) is 4.39. The monoisotopic (exact) mass is 290 g/mol. The van der Waals surface area contributed by atoms with E-state index in [1.54, 1.807) is 13.8 Å². The summed E-state index contributed by atoms with van der Waals surface area (Å²) in [6.45, 7) is 3.18. The molecular formula is C13H17F3N2S. The van der Waals surface area contributed by atoms with Crippen LogP contribution >= 0.6 is 11.3 Å². The van der Waals surface area contributed by atoms with Gasteiger partial charge in [-0.15, -0.1) is 11.3 Å². The van der Waals surface area contributed by atoms with E-state index in [1.165, 1.54) is 16.2 Å². The maximum atomic E-state index is 12.5. The summed E-state index contributed by atoms with van der Waals surface area (Å²) in [5.74, 6) is 5.61. The minimum atomic E-state index is -4.18. The normalized spacial score (nSPS) is 11.8. The fraction of sp³-hybridized carbons (Fsp3) is 0.538. The topological polar surface area (TPSA) is 29.3 Å². The Bertz CT molecular complexity index is 454. The van der Waals surface area contributed by atoms with Gasteiger partial charge in [0.2, 0.25) is 0 Å². The van der Waals surface area contributed by atoms with Crippen LogP contribution in [0.3, 0.4) is 0 Å². The molecule has 0 saturated carbocycles. The zero-order valence-electron chi connectivity index (χ0n) is 10.9. The quantitative estimate of drug-likeness (QED) is 0.864. The van der Waals surface area contributed by atoms with E-state index in [0.717, 1.165) is 9.75 Å². The summed E-state index contributed by atoms with van der Waals surface area (Å²) in [6.07, 6.45) is -4.18. The molecule has 0 aromatic carbocycles. The van der Waals surface area contributed by atoms with Crippen LogP contribution in [0, 0.1) is 11.8 Å². The van der Waals surface area contributed by atoms with E-state index >= 15 is 0 Å². The molecule has 0 radical (unpaired) electrons. The maximum absolute atomic E-state index is 12.5. The standard InChI is InChI=1S/C13H17F3N2S/c1-10(2)18(9-13(14,15)16)8-12-6-5-11(19-12)4-3-7-17/h5-6,10H,7-9,17H2,1-2H3. The Morgan fingerprint density at radius 2 is 2.05 bits per heavy atom. The number of hydrogen-bond acceptors (Lipinski definition) is 3. The second kappa shape index (κ2) is 6.94. The predicted molar refractivity (Wildman–Crippen MR) is 71.9 cm³/mol. The van der Waals surface area contributed by atoms with Crippen molar-refractivity contribution in [1.29, 1.82) is 0 Å². The number of hydrogen-bond donors (Lipinski definition) is 1. The molecule has 0 aliphatic carbocycles. The maximum Gasteiger partial charge on any atom is 0.401 e. The molecule has 0 aliphatic heterocycles. The Balaban J connectivity index is 2.71. The van der Waals surface area contributed by atoms with Crippen LogP contribution in [0.25, 0.3) is 0 Å². The minimum absolute atomic E-state index is 0.165. The largest absolute Gasteiger partial charge is 0.401 e. The molecule has 0 aliphatic rings. The molecule has 0 atom stereocenters. The van der Waals surface area contributed by atoms with Crippen molar-refractivity contribution in [3.05, 3.63) is 21.9 Å². The van der Waals surface area contributed by atoms with Gasteiger partial charge in [-0.1, -0.05) is 11.8 Å². The lowest BCUT2D eigenvalue weighted by Gasteiger charge is -2.26. The number of rotatable bonds is 4. The lowest BCUT2D eigenvalue weighted by atomic mass is 10.3. The van der Waals surface area contributed by atoms with E-state index < -0.39 is 12.7 Å². The van der Waals surface area contributed by atoms with Crippen molar-refractivity contribution in [2.45, 2.75) is 32.6 Å². The summed E-state index contributed by atoms with van der Waals surface area (Å²) in [5.41, 5.74) is 5.27. The summed E-state index contributed by atoms with van der Waals surface area (Å²) in [5, 5.41) is 0. The van der Waals surface area contributed by atoms with E-state index in [1.807, 2.05) is 12.1 Å². The average molecular weight is 290 g/mol. The van der Waals surface area contributed by atoms with Gasteiger partial charge in [0.1, 0.15) is 0 Å². The lowest BCUT2D eigenvalue weighted by Crippen LogP contribution is -2.38. The van der Waals surface area contributed by atoms with Crippen molar-refractivity contribution in [3.8, 4) is 11.8 Å². The molecule has 0 amide bonds. The van der Waals surface area contributed by atoms with Gasteiger partial charge in [0, 0.05) is 17.5 Å². The Hall–Kier alpha value is -1.03. The van der Waals surface area contributed by atoms with Crippen molar-refractivity contribution < 1.29 is 13.2 Å². The van der Waals surface area contributed by atoms with Crippen LogP contribution in [0.5, 0.6) is 0 Å². The van der Waals surface area contributed by atoms with Crippen LogP contribution in [0.1, 0.15) is 23.6 Å². The molecule has 2 N–H and O–H groups in total. The Morgan fingerprint density at radius 3 is 2.58 bits per heavy atom. The molecule has 0 unspecified atom stereocenters. The highest BCUT2D eigenvalue weighted by Crippen LogP contribution is 2.23. The highest BCUT2D eigenvalue weighted by molar-refractivity contribution is 7.12. The third-order valence-corrected chi connectivity index (χ3v) is 3.43. The fourth-order valence-electron chi connectivity index (χ4n) is 1.52. The zero-order chi connectivity index (χ0) is 14.5. The van der Waals surface area contributed by atoms with Crippen molar-refractivity contribution in [3.63, 3.8) is 0 Å². The van der Waals surface area contributed by atoms with Crippen LogP contribution in [-0.2, 0) is 6.54 Å². The van der Waals surface area contributed by atoms with Crippen LogP contribution in [0.4, 0.5) is 13.2 Å². The SMILES string of the molecule is CC(C)N(Cc1ccc(C#CCN)s1)CC(F)(F)F. The number of thiophene rings is 1. The number of nitrogens with zero attached hydrogens (tertiary/aromatic N) is 1. The first-order valence-corrected chi connectivity index (χ1v) is 6.72. The van der Waals surface area contributed by atoms with Crippen molar-refractivity contribution in [1.82, 2.24) is 4.90 Å². The van der Waals surface area contributed by atoms with Crippen LogP contribution < -0.4 is 5.73 Å². The van der Waals surface area contributed by atoms with Gasteiger partial charge in [0.05, 0.1) is 18.0 Å². The summed E-state index contributed by atoms with van der Waals surface area (Å²) >= 11 is 1.41. The third-order valence-electron chi connectivity index (χ3n) is 2.45. The predicted octanol–water partition coefficient (Wildman–Crippen LogP) is 2.83. The summed E-state index contributed by atoms with van der Waals surface area (Å²) in [4.78, 5) is 3.10. The minimum Gasteiger partial charge on any atom is -0.320 e. The molecule has 19 heavy (non-hydrogen) atoms. The highest BCUT2D eigenvalue weighted by atomic mass is 32.1. The van der Waals surface area contributed by atoms with Crippen molar-refractivity contribution in [2.75, 3.05) is 13.1 Å². The van der Waals surface area contributed by atoms with E-state index in [-0.39, 0.29) is 19.1 Å². The van der Waals surface area contributed by atoms with Crippen LogP contribution in [0.15, 0.2) is 12.1 Å². The molecule has 0 fully saturated rings. The van der Waals surface area contributed by atoms with Gasteiger partial charge in [-0.3, -0.25) is 4.90 Å². The molecule has 0 spiro atoms. The first-order valence-electron chi connectivity index (χ1n) is 5.90.